The summed E-state index contributed by atoms with van der Waals surface area (Å²) < 4.78 is 5.49. The Morgan fingerprint density at radius 2 is 0.617 bits per heavy atom. The maximum Gasteiger partial charge on any atom is 0.305 e. The lowest BCUT2D eigenvalue weighted by molar-refractivity contribution is -0.143. The molecule has 0 aliphatic heterocycles. The Balaban J connectivity index is 3.35. The van der Waals surface area contributed by atoms with E-state index in [0.717, 1.165) is 51.4 Å². The molecule has 0 radical (unpaired) electrons. The molecule has 0 rings (SSSR count). The van der Waals surface area contributed by atoms with Crippen LogP contribution in [0.1, 0.15) is 406 Å². The molecule has 6 nitrogen and oxygen atoms in total. The first-order valence-electron chi connectivity index (χ1n) is 36.7. The summed E-state index contributed by atoms with van der Waals surface area (Å²) in [4.78, 5) is 24.6. The van der Waals surface area contributed by atoms with E-state index < -0.39 is 12.1 Å². The number of hydrogen-bond acceptors (Lipinski definition) is 5. The van der Waals surface area contributed by atoms with E-state index in [1.807, 2.05) is 0 Å². The number of ether oxygens (including phenoxy) is 1. The summed E-state index contributed by atoms with van der Waals surface area (Å²) in [5.74, 6) is -0.0241. The van der Waals surface area contributed by atoms with Crippen LogP contribution in [0.3, 0.4) is 0 Å². The van der Waals surface area contributed by atoms with Crippen molar-refractivity contribution in [3.8, 4) is 0 Å². The normalized spacial score (nSPS) is 12.7. The van der Waals surface area contributed by atoms with Gasteiger partial charge in [-0.3, -0.25) is 9.59 Å². The number of rotatable bonds is 69. The van der Waals surface area contributed by atoms with Crippen molar-refractivity contribution in [2.24, 2.45) is 0 Å². The number of nitrogens with one attached hydrogen (secondary N) is 1. The molecular weight excluding hydrogens is 995 g/mol. The van der Waals surface area contributed by atoms with Gasteiger partial charge in [-0.1, -0.05) is 346 Å². The van der Waals surface area contributed by atoms with Gasteiger partial charge < -0.3 is 20.3 Å². The van der Waals surface area contributed by atoms with Gasteiger partial charge in [-0.15, -0.1) is 0 Å². The first-order valence-corrected chi connectivity index (χ1v) is 36.7. The second-order valence-electron chi connectivity index (χ2n) is 25.3. The van der Waals surface area contributed by atoms with Crippen LogP contribution in [0.25, 0.3) is 0 Å². The summed E-state index contributed by atoms with van der Waals surface area (Å²) in [6.07, 6.45) is 90.6. The number of aliphatic hydroxyl groups excluding tert-OH is 2. The summed E-state index contributed by atoms with van der Waals surface area (Å²) in [5.41, 5.74) is 0. The fourth-order valence-corrected chi connectivity index (χ4v) is 11.6. The quantitative estimate of drug-likeness (QED) is 0.0320. The molecular formula is C75H143NO5. The monoisotopic (exact) mass is 1140 g/mol. The Kier molecular flexibility index (Phi) is 68.9. The molecule has 0 aromatic heterocycles. The van der Waals surface area contributed by atoms with Crippen molar-refractivity contribution in [1.82, 2.24) is 5.32 Å². The van der Waals surface area contributed by atoms with E-state index in [1.54, 1.807) is 0 Å². The van der Waals surface area contributed by atoms with E-state index in [9.17, 15) is 19.8 Å². The number of amides is 1. The largest absolute Gasteiger partial charge is 0.466 e. The highest BCUT2D eigenvalue weighted by atomic mass is 16.5. The molecule has 0 saturated carbocycles. The molecule has 478 valence electrons. The Morgan fingerprint density at radius 3 is 0.963 bits per heavy atom. The van der Waals surface area contributed by atoms with Gasteiger partial charge in [0, 0.05) is 12.8 Å². The zero-order chi connectivity index (χ0) is 58.5. The van der Waals surface area contributed by atoms with Crippen molar-refractivity contribution in [2.45, 2.75) is 418 Å². The smallest absolute Gasteiger partial charge is 0.305 e. The molecule has 0 heterocycles. The van der Waals surface area contributed by atoms with Crippen LogP contribution in [0.5, 0.6) is 0 Å². The van der Waals surface area contributed by atoms with E-state index in [4.69, 9.17) is 4.74 Å². The van der Waals surface area contributed by atoms with E-state index in [0.29, 0.717) is 25.9 Å². The van der Waals surface area contributed by atoms with Crippen molar-refractivity contribution in [2.75, 3.05) is 13.2 Å². The third-order valence-corrected chi connectivity index (χ3v) is 17.2. The number of allylic oxidation sites excluding steroid dienone is 6. The summed E-state index contributed by atoms with van der Waals surface area (Å²) >= 11 is 0. The molecule has 0 fully saturated rings. The first-order chi connectivity index (χ1) is 40.0. The topological polar surface area (TPSA) is 95.9 Å². The lowest BCUT2D eigenvalue weighted by Gasteiger charge is -2.22. The minimum absolute atomic E-state index is 0.00516. The van der Waals surface area contributed by atoms with E-state index in [-0.39, 0.29) is 18.5 Å². The minimum atomic E-state index is -0.663. The molecule has 2 unspecified atom stereocenters. The van der Waals surface area contributed by atoms with Crippen molar-refractivity contribution in [3.63, 3.8) is 0 Å². The molecule has 0 aliphatic rings. The summed E-state index contributed by atoms with van der Waals surface area (Å²) in [6.45, 7) is 4.96. The Labute approximate surface area is 506 Å². The Hall–Kier alpha value is -1.92. The first kappa shape index (κ1) is 79.1. The van der Waals surface area contributed by atoms with Gasteiger partial charge in [0.25, 0.3) is 0 Å². The summed E-state index contributed by atoms with van der Waals surface area (Å²) in [5, 5.41) is 23.4. The molecule has 0 spiro atoms. The van der Waals surface area contributed by atoms with Crippen LogP contribution in [-0.4, -0.2) is 47.4 Å². The van der Waals surface area contributed by atoms with E-state index >= 15 is 0 Å². The zero-order valence-corrected chi connectivity index (χ0v) is 54.8. The summed E-state index contributed by atoms with van der Waals surface area (Å²) in [7, 11) is 0. The lowest BCUT2D eigenvalue weighted by Crippen LogP contribution is -2.45. The van der Waals surface area contributed by atoms with E-state index in [1.165, 1.54) is 321 Å². The number of carbonyl (C=O) groups excluding carboxylic acids is 2. The van der Waals surface area contributed by atoms with Crippen molar-refractivity contribution in [3.05, 3.63) is 36.5 Å². The van der Waals surface area contributed by atoms with E-state index in [2.05, 4.69) is 55.6 Å². The molecule has 0 aromatic rings. The van der Waals surface area contributed by atoms with Gasteiger partial charge in [-0.2, -0.15) is 0 Å². The predicted octanol–water partition coefficient (Wildman–Crippen LogP) is 23.9. The third kappa shape index (κ3) is 67.1. The van der Waals surface area contributed by atoms with Crippen LogP contribution in [0.15, 0.2) is 36.5 Å². The molecule has 0 bridgehead atoms. The number of carbonyl (C=O) groups is 2. The molecule has 0 aromatic carbocycles. The number of aliphatic hydroxyl groups is 2. The van der Waals surface area contributed by atoms with Gasteiger partial charge in [0.15, 0.2) is 0 Å². The van der Waals surface area contributed by atoms with Gasteiger partial charge in [0.2, 0.25) is 5.91 Å². The highest BCUT2D eigenvalue weighted by Crippen LogP contribution is 2.19. The van der Waals surface area contributed by atoms with Gasteiger partial charge in [0.05, 0.1) is 25.4 Å². The molecule has 2 atom stereocenters. The molecule has 6 heteroatoms. The number of hydrogen-bond donors (Lipinski definition) is 3. The number of esters is 1. The molecule has 3 N–H and O–H groups in total. The van der Waals surface area contributed by atoms with Gasteiger partial charge in [0.1, 0.15) is 0 Å². The lowest BCUT2D eigenvalue weighted by atomic mass is 10.0. The highest BCUT2D eigenvalue weighted by molar-refractivity contribution is 5.76. The fraction of sp³-hybridized carbons (Fsp3) is 0.893. The molecule has 1 amide bonds. The Bertz CT molecular complexity index is 1310. The third-order valence-electron chi connectivity index (χ3n) is 17.2. The van der Waals surface area contributed by atoms with Crippen molar-refractivity contribution >= 4 is 11.9 Å². The SMILES string of the molecule is CCCCCC/C=C\C/C=C\CCCCCCCC(=O)OCCCCCCCCCCCCCC/C=C\CCCCCCCCCCCCCCCCCCC(=O)NC(CO)C(O)CCCCCCCCCCCCCCCCCC. The maximum atomic E-state index is 12.5. The second-order valence-corrected chi connectivity index (χ2v) is 25.3. The summed E-state index contributed by atoms with van der Waals surface area (Å²) in [6, 6.07) is -0.540. The zero-order valence-electron chi connectivity index (χ0n) is 54.8. The second kappa shape index (κ2) is 70.6. The van der Waals surface area contributed by atoms with Crippen LogP contribution in [0.2, 0.25) is 0 Å². The number of unbranched alkanes of at least 4 members (excludes halogenated alkanes) is 52. The Morgan fingerprint density at radius 1 is 0.346 bits per heavy atom. The highest BCUT2D eigenvalue weighted by Gasteiger charge is 2.20. The van der Waals surface area contributed by atoms with Crippen LogP contribution in [-0.2, 0) is 14.3 Å². The molecule has 81 heavy (non-hydrogen) atoms. The average Bonchev–Trinajstić information content (AvgIpc) is 3.47. The van der Waals surface area contributed by atoms with Crippen molar-refractivity contribution < 1.29 is 24.5 Å². The van der Waals surface area contributed by atoms with Crippen LogP contribution in [0.4, 0.5) is 0 Å². The van der Waals surface area contributed by atoms with Crippen molar-refractivity contribution in [1.29, 1.82) is 0 Å². The predicted molar refractivity (Wildman–Crippen MR) is 356 cm³/mol. The van der Waals surface area contributed by atoms with Crippen LogP contribution < -0.4 is 5.32 Å². The van der Waals surface area contributed by atoms with Crippen LogP contribution >= 0.6 is 0 Å². The average molecular weight is 1140 g/mol. The molecule has 0 saturated heterocycles. The van der Waals surface area contributed by atoms with Gasteiger partial charge in [-0.25, -0.2) is 0 Å². The van der Waals surface area contributed by atoms with Crippen LogP contribution in [0, 0.1) is 0 Å². The van der Waals surface area contributed by atoms with Gasteiger partial charge in [-0.05, 0) is 83.5 Å². The fourth-order valence-electron chi connectivity index (χ4n) is 11.6. The van der Waals surface area contributed by atoms with Gasteiger partial charge >= 0.3 is 5.97 Å². The minimum Gasteiger partial charge on any atom is -0.466 e. The standard InChI is InChI=1S/C75H143NO5/c1-3-5-7-9-11-13-15-17-19-39-43-47-51-55-59-63-67-73(78)72(71-77)76-74(79)68-64-60-56-52-48-44-40-37-35-33-31-29-27-25-23-21-22-24-26-28-30-32-34-36-38-42-46-50-54-58-62-66-70-81-75(80)69-65-61-57-53-49-45-41-20-18-16-14-12-10-8-6-4-2/h14,16,20,24,26,41,72-73,77-78H,3-13,15,17-19,21-23,25,27-40,42-71H2,1-2H3,(H,76,79)/b16-14-,26-24-,41-20-. The molecule has 0 aliphatic carbocycles. The maximum absolute atomic E-state index is 12.5.